The van der Waals surface area contributed by atoms with Crippen molar-refractivity contribution < 1.29 is 9.59 Å². The molecule has 2 amide bonds. The van der Waals surface area contributed by atoms with Crippen LogP contribution < -0.4 is 16.0 Å². The number of nitriles is 1. The predicted octanol–water partition coefficient (Wildman–Crippen LogP) is 7.39. The number of unbranched alkanes of at least 4 members (excludes halogenated alkanes) is 1. The van der Waals surface area contributed by atoms with Crippen LogP contribution in [0, 0.1) is 11.3 Å². The number of para-hydroxylation sites is 1. The Balaban J connectivity index is 1.56. The standard InChI is InChI=1S/C32H31ClN4O2S/c1-3-4-10-22-15-17-24(18-16-22)36-28(38)20-40-32-26(19-34)30(25-13-8-9-14-27(25)33)29(21(2)35-32)31(39)37-23-11-6-5-7-12-23/h5-9,11-18,30,35H,3-4,10,20H2,1-2H3,(H,36,38)(H,37,39). The fourth-order valence-electron chi connectivity index (χ4n) is 4.54. The largest absolute Gasteiger partial charge is 0.353 e. The second-order valence-electron chi connectivity index (χ2n) is 9.43. The first-order valence-corrected chi connectivity index (χ1v) is 14.5. The Morgan fingerprint density at radius 1 is 0.975 bits per heavy atom. The smallest absolute Gasteiger partial charge is 0.254 e. The number of hydrogen-bond acceptors (Lipinski definition) is 5. The van der Waals surface area contributed by atoms with E-state index in [4.69, 9.17) is 11.6 Å². The van der Waals surface area contributed by atoms with E-state index in [0.717, 1.165) is 24.9 Å². The number of allylic oxidation sites excluding steroid dienone is 2. The number of nitrogens with zero attached hydrogens (tertiary/aromatic N) is 1. The normalized spacial score (nSPS) is 14.8. The highest BCUT2D eigenvalue weighted by atomic mass is 35.5. The molecule has 3 aromatic carbocycles. The molecule has 0 radical (unpaired) electrons. The molecule has 4 rings (SSSR count). The Labute approximate surface area is 244 Å². The van der Waals surface area contributed by atoms with Crippen LogP contribution in [0.1, 0.15) is 43.7 Å². The summed E-state index contributed by atoms with van der Waals surface area (Å²) >= 11 is 7.81. The minimum atomic E-state index is -0.704. The minimum Gasteiger partial charge on any atom is -0.353 e. The molecule has 0 fully saturated rings. The maximum atomic E-state index is 13.5. The Kier molecular flexibility index (Phi) is 10.1. The van der Waals surface area contributed by atoms with E-state index in [2.05, 4.69) is 28.9 Å². The summed E-state index contributed by atoms with van der Waals surface area (Å²) in [5.41, 5.74) is 4.56. The van der Waals surface area contributed by atoms with Crippen molar-refractivity contribution in [3.8, 4) is 6.07 Å². The van der Waals surface area contributed by atoms with Crippen LogP contribution >= 0.6 is 23.4 Å². The molecule has 1 unspecified atom stereocenters. The van der Waals surface area contributed by atoms with E-state index < -0.39 is 5.92 Å². The molecule has 0 bridgehead atoms. The number of rotatable bonds is 10. The molecule has 6 nitrogen and oxygen atoms in total. The molecular formula is C32H31ClN4O2S. The maximum absolute atomic E-state index is 13.5. The van der Waals surface area contributed by atoms with Crippen LogP contribution in [0.2, 0.25) is 5.02 Å². The van der Waals surface area contributed by atoms with Gasteiger partial charge in [0.15, 0.2) is 0 Å². The van der Waals surface area contributed by atoms with Gasteiger partial charge in [-0.3, -0.25) is 9.59 Å². The van der Waals surface area contributed by atoms with Crippen LogP contribution in [-0.4, -0.2) is 17.6 Å². The van der Waals surface area contributed by atoms with Gasteiger partial charge < -0.3 is 16.0 Å². The fraction of sp³-hybridized carbons (Fsp3) is 0.219. The van der Waals surface area contributed by atoms with Gasteiger partial charge in [0, 0.05) is 27.7 Å². The van der Waals surface area contributed by atoms with Crippen molar-refractivity contribution in [2.24, 2.45) is 0 Å². The van der Waals surface area contributed by atoms with Crippen molar-refractivity contribution in [2.75, 3.05) is 16.4 Å². The molecule has 204 valence electrons. The van der Waals surface area contributed by atoms with Crippen molar-refractivity contribution in [1.82, 2.24) is 5.32 Å². The first kappa shape index (κ1) is 29.0. The quantitative estimate of drug-likeness (QED) is 0.236. The highest BCUT2D eigenvalue weighted by Crippen LogP contribution is 2.43. The summed E-state index contributed by atoms with van der Waals surface area (Å²) in [7, 11) is 0. The lowest BCUT2D eigenvalue weighted by atomic mass is 9.82. The number of thioether (sulfide) groups is 1. The van der Waals surface area contributed by atoms with Gasteiger partial charge in [-0.25, -0.2) is 0 Å². The summed E-state index contributed by atoms with van der Waals surface area (Å²) in [5, 5.41) is 20.3. The van der Waals surface area contributed by atoms with E-state index in [1.54, 1.807) is 31.2 Å². The number of anilines is 2. The number of benzene rings is 3. The third-order valence-electron chi connectivity index (χ3n) is 6.54. The molecule has 1 aliphatic rings. The molecule has 3 aromatic rings. The van der Waals surface area contributed by atoms with Gasteiger partial charge in [0.25, 0.3) is 5.91 Å². The van der Waals surface area contributed by atoms with Crippen LogP contribution in [0.3, 0.4) is 0 Å². The van der Waals surface area contributed by atoms with Crippen molar-refractivity contribution in [3.63, 3.8) is 0 Å². The summed E-state index contributed by atoms with van der Waals surface area (Å²) in [5.74, 6) is -1.15. The van der Waals surface area contributed by atoms with Crippen molar-refractivity contribution in [1.29, 1.82) is 5.26 Å². The first-order valence-electron chi connectivity index (χ1n) is 13.2. The molecule has 1 atom stereocenters. The second kappa shape index (κ2) is 13.9. The minimum absolute atomic E-state index is 0.0825. The number of carbonyl (C=O) groups excluding carboxylic acids is 2. The van der Waals surface area contributed by atoms with Gasteiger partial charge in [0.05, 0.1) is 28.3 Å². The molecule has 8 heteroatoms. The van der Waals surface area contributed by atoms with E-state index in [-0.39, 0.29) is 17.6 Å². The highest BCUT2D eigenvalue weighted by Gasteiger charge is 2.36. The molecule has 3 N–H and O–H groups in total. The summed E-state index contributed by atoms with van der Waals surface area (Å²) in [4.78, 5) is 26.3. The van der Waals surface area contributed by atoms with Crippen LogP contribution in [0.25, 0.3) is 0 Å². The topological polar surface area (TPSA) is 94.0 Å². The average molecular weight is 571 g/mol. The Hall–Kier alpha value is -3.99. The SMILES string of the molecule is CCCCc1ccc(NC(=O)CSC2=C(C#N)C(c3ccccc3Cl)C(C(=O)Nc3ccccc3)=C(C)N2)cc1. The maximum Gasteiger partial charge on any atom is 0.254 e. The van der Waals surface area contributed by atoms with Crippen molar-refractivity contribution in [2.45, 2.75) is 39.0 Å². The van der Waals surface area contributed by atoms with Gasteiger partial charge in [-0.1, -0.05) is 85.2 Å². The number of hydrogen-bond donors (Lipinski definition) is 3. The molecule has 0 aromatic heterocycles. The molecule has 1 aliphatic heterocycles. The summed E-state index contributed by atoms with van der Waals surface area (Å²) in [6, 6.07) is 26.5. The zero-order valence-electron chi connectivity index (χ0n) is 22.5. The lowest BCUT2D eigenvalue weighted by molar-refractivity contribution is -0.114. The monoisotopic (exact) mass is 570 g/mol. The van der Waals surface area contributed by atoms with E-state index in [9.17, 15) is 14.9 Å². The molecule has 40 heavy (non-hydrogen) atoms. The summed E-state index contributed by atoms with van der Waals surface area (Å²) in [6.07, 6.45) is 3.28. The third kappa shape index (κ3) is 7.15. The Morgan fingerprint density at radius 3 is 2.33 bits per heavy atom. The second-order valence-corrected chi connectivity index (χ2v) is 10.8. The van der Waals surface area contributed by atoms with Gasteiger partial charge >= 0.3 is 0 Å². The number of amides is 2. The van der Waals surface area contributed by atoms with E-state index in [0.29, 0.717) is 38.1 Å². The summed E-state index contributed by atoms with van der Waals surface area (Å²) in [6.45, 7) is 3.95. The molecule has 0 saturated carbocycles. The fourth-order valence-corrected chi connectivity index (χ4v) is 5.67. The zero-order valence-corrected chi connectivity index (χ0v) is 24.0. The number of halogens is 1. The highest BCUT2D eigenvalue weighted by molar-refractivity contribution is 8.03. The lowest BCUT2D eigenvalue weighted by Crippen LogP contribution is -2.31. The molecular weight excluding hydrogens is 540 g/mol. The van der Waals surface area contributed by atoms with Crippen LogP contribution in [0.5, 0.6) is 0 Å². The number of aryl methyl sites for hydroxylation is 1. The van der Waals surface area contributed by atoms with E-state index in [1.165, 1.54) is 17.3 Å². The molecule has 0 saturated heterocycles. The lowest BCUT2D eigenvalue weighted by Gasteiger charge is -2.30. The molecule has 0 spiro atoms. The Bertz CT molecular complexity index is 1480. The van der Waals surface area contributed by atoms with E-state index >= 15 is 0 Å². The van der Waals surface area contributed by atoms with Crippen molar-refractivity contribution in [3.05, 3.63) is 117 Å². The number of nitrogens with one attached hydrogen (secondary N) is 3. The zero-order chi connectivity index (χ0) is 28.5. The number of carbonyl (C=O) groups is 2. The number of dihydropyridines is 1. The van der Waals surface area contributed by atoms with Crippen LogP contribution in [0.4, 0.5) is 11.4 Å². The molecule has 1 heterocycles. The van der Waals surface area contributed by atoms with Gasteiger partial charge in [0.1, 0.15) is 0 Å². The van der Waals surface area contributed by atoms with Gasteiger partial charge in [-0.2, -0.15) is 5.26 Å². The van der Waals surface area contributed by atoms with Gasteiger partial charge in [0.2, 0.25) is 5.91 Å². The van der Waals surface area contributed by atoms with Crippen LogP contribution in [-0.2, 0) is 16.0 Å². The first-order chi connectivity index (χ1) is 19.4. The molecule has 0 aliphatic carbocycles. The van der Waals surface area contributed by atoms with Crippen LogP contribution in [0.15, 0.2) is 101 Å². The predicted molar refractivity (Wildman–Crippen MR) is 164 cm³/mol. The van der Waals surface area contributed by atoms with Gasteiger partial charge in [-0.05, 0) is 61.2 Å². The van der Waals surface area contributed by atoms with Gasteiger partial charge in [-0.15, -0.1) is 0 Å². The van der Waals surface area contributed by atoms with E-state index in [1.807, 2.05) is 54.6 Å². The van der Waals surface area contributed by atoms with Crippen molar-refractivity contribution >= 4 is 46.6 Å². The average Bonchev–Trinajstić information content (AvgIpc) is 2.96. The Morgan fingerprint density at radius 2 is 1.65 bits per heavy atom. The summed E-state index contributed by atoms with van der Waals surface area (Å²) < 4.78 is 0. The third-order valence-corrected chi connectivity index (χ3v) is 7.91.